The monoisotopic (exact) mass is 367 g/mol. The molecule has 0 spiro atoms. The molecule has 0 amide bonds. The quantitative estimate of drug-likeness (QED) is 0.596. The third kappa shape index (κ3) is 4.13. The molecule has 0 heterocycles. The molecule has 0 bridgehead atoms. The van der Waals surface area contributed by atoms with Crippen molar-refractivity contribution in [2.24, 2.45) is 0 Å². The number of aryl methyl sites for hydroxylation is 1. The van der Waals surface area contributed by atoms with E-state index in [9.17, 15) is 0 Å². The van der Waals surface area contributed by atoms with E-state index in [0.717, 1.165) is 15.7 Å². The molecule has 0 aliphatic carbocycles. The first-order valence-electron chi connectivity index (χ1n) is 6.51. The molecule has 0 radical (unpaired) electrons. The summed E-state index contributed by atoms with van der Waals surface area (Å²) in [7, 11) is 0. The average Bonchev–Trinajstić information content (AvgIpc) is 2.41. The van der Waals surface area contributed by atoms with Crippen molar-refractivity contribution in [1.29, 1.82) is 0 Å². The maximum Gasteiger partial charge on any atom is 0.150 e. The van der Waals surface area contributed by atoms with Crippen LogP contribution in [0.2, 0.25) is 0 Å². The minimum atomic E-state index is 0.668. The second kappa shape index (κ2) is 6.80. The molecule has 0 aliphatic rings. The van der Waals surface area contributed by atoms with Crippen LogP contribution in [0, 0.1) is 3.57 Å². The van der Waals surface area contributed by atoms with Gasteiger partial charge in [0.25, 0.3) is 0 Å². The molecule has 2 nitrogen and oxygen atoms in total. The molecule has 2 aromatic rings. The van der Waals surface area contributed by atoms with E-state index in [1.165, 1.54) is 18.4 Å². The maximum absolute atomic E-state index is 5.94. The molecule has 0 fully saturated rings. The Bertz CT molecular complexity index is 537. The molecule has 0 unspecified atom stereocenters. The SMILES string of the molecule is CCCCc1ccc(Oc2ccc(I)cc2N)cc1. The Kier molecular flexibility index (Phi) is 5.07. The van der Waals surface area contributed by atoms with Gasteiger partial charge in [0.05, 0.1) is 5.69 Å². The zero-order valence-corrected chi connectivity index (χ0v) is 13.2. The van der Waals surface area contributed by atoms with Crippen molar-refractivity contribution in [2.45, 2.75) is 26.2 Å². The standard InChI is InChI=1S/C16H18INO/c1-2-3-4-12-5-8-14(9-6-12)19-16-10-7-13(17)11-15(16)18/h5-11H,2-4,18H2,1H3. The Morgan fingerprint density at radius 1 is 1.11 bits per heavy atom. The Hall–Kier alpha value is -1.23. The van der Waals surface area contributed by atoms with Crippen LogP contribution in [0.25, 0.3) is 0 Å². The van der Waals surface area contributed by atoms with E-state index in [-0.39, 0.29) is 0 Å². The summed E-state index contributed by atoms with van der Waals surface area (Å²) in [5, 5.41) is 0. The molecule has 0 saturated carbocycles. The zero-order chi connectivity index (χ0) is 13.7. The van der Waals surface area contributed by atoms with Crippen molar-refractivity contribution in [3.05, 3.63) is 51.6 Å². The highest BCUT2D eigenvalue weighted by atomic mass is 127. The second-order valence-corrected chi connectivity index (χ2v) is 5.78. The lowest BCUT2D eigenvalue weighted by atomic mass is 10.1. The highest BCUT2D eigenvalue weighted by Crippen LogP contribution is 2.28. The van der Waals surface area contributed by atoms with Crippen LogP contribution >= 0.6 is 22.6 Å². The lowest BCUT2D eigenvalue weighted by molar-refractivity contribution is 0.484. The van der Waals surface area contributed by atoms with Gasteiger partial charge in [0, 0.05) is 3.57 Å². The first-order chi connectivity index (χ1) is 9.19. The molecule has 2 aromatic carbocycles. The highest BCUT2D eigenvalue weighted by molar-refractivity contribution is 14.1. The highest BCUT2D eigenvalue weighted by Gasteiger charge is 2.03. The van der Waals surface area contributed by atoms with Crippen molar-refractivity contribution < 1.29 is 4.74 Å². The summed E-state index contributed by atoms with van der Waals surface area (Å²) in [4.78, 5) is 0. The Morgan fingerprint density at radius 3 is 2.47 bits per heavy atom. The lowest BCUT2D eigenvalue weighted by Crippen LogP contribution is -1.93. The molecule has 0 aromatic heterocycles. The summed E-state index contributed by atoms with van der Waals surface area (Å²) in [6.07, 6.45) is 3.57. The van der Waals surface area contributed by atoms with Crippen LogP contribution in [0.1, 0.15) is 25.3 Å². The van der Waals surface area contributed by atoms with E-state index in [1.807, 2.05) is 30.3 Å². The van der Waals surface area contributed by atoms with Crippen LogP contribution in [-0.2, 0) is 6.42 Å². The van der Waals surface area contributed by atoms with E-state index < -0.39 is 0 Å². The predicted octanol–water partition coefficient (Wildman–Crippen LogP) is 5.01. The lowest BCUT2D eigenvalue weighted by Gasteiger charge is -2.09. The van der Waals surface area contributed by atoms with Gasteiger partial charge in [-0.1, -0.05) is 25.5 Å². The van der Waals surface area contributed by atoms with E-state index in [4.69, 9.17) is 10.5 Å². The second-order valence-electron chi connectivity index (χ2n) is 4.53. The summed E-state index contributed by atoms with van der Waals surface area (Å²) in [5.74, 6) is 1.54. The first-order valence-corrected chi connectivity index (χ1v) is 7.58. The van der Waals surface area contributed by atoms with Gasteiger partial charge in [0.15, 0.2) is 0 Å². The number of ether oxygens (including phenoxy) is 1. The van der Waals surface area contributed by atoms with Crippen molar-refractivity contribution >= 4 is 28.3 Å². The fourth-order valence-electron chi connectivity index (χ4n) is 1.84. The van der Waals surface area contributed by atoms with Gasteiger partial charge in [-0.15, -0.1) is 0 Å². The van der Waals surface area contributed by atoms with Crippen LogP contribution < -0.4 is 10.5 Å². The van der Waals surface area contributed by atoms with Crippen LogP contribution in [-0.4, -0.2) is 0 Å². The van der Waals surface area contributed by atoms with Gasteiger partial charge in [-0.25, -0.2) is 0 Å². The molecular weight excluding hydrogens is 349 g/mol. The summed E-state index contributed by atoms with van der Waals surface area (Å²) in [6, 6.07) is 14.0. The molecule has 2 N–H and O–H groups in total. The van der Waals surface area contributed by atoms with Gasteiger partial charge in [-0.2, -0.15) is 0 Å². The predicted molar refractivity (Wildman–Crippen MR) is 88.7 cm³/mol. The molecule has 19 heavy (non-hydrogen) atoms. The first kappa shape index (κ1) is 14.2. The van der Waals surface area contributed by atoms with Gasteiger partial charge >= 0.3 is 0 Å². The van der Waals surface area contributed by atoms with Gasteiger partial charge in [-0.3, -0.25) is 0 Å². The van der Waals surface area contributed by atoms with E-state index >= 15 is 0 Å². The summed E-state index contributed by atoms with van der Waals surface area (Å²) >= 11 is 2.23. The van der Waals surface area contributed by atoms with Crippen LogP contribution in [0.15, 0.2) is 42.5 Å². The third-order valence-corrected chi connectivity index (χ3v) is 3.61. The van der Waals surface area contributed by atoms with Crippen LogP contribution in [0.5, 0.6) is 11.5 Å². The molecule has 0 aliphatic heterocycles. The van der Waals surface area contributed by atoms with E-state index in [1.54, 1.807) is 0 Å². The smallest absolute Gasteiger partial charge is 0.150 e. The average molecular weight is 367 g/mol. The van der Waals surface area contributed by atoms with Crippen molar-refractivity contribution in [3.8, 4) is 11.5 Å². The van der Waals surface area contributed by atoms with E-state index in [0.29, 0.717) is 11.4 Å². The summed E-state index contributed by atoms with van der Waals surface area (Å²) < 4.78 is 6.90. The number of hydrogen-bond donors (Lipinski definition) is 1. The number of halogens is 1. The fourth-order valence-corrected chi connectivity index (χ4v) is 2.36. The van der Waals surface area contributed by atoms with Crippen molar-refractivity contribution in [1.82, 2.24) is 0 Å². The molecule has 2 rings (SSSR count). The third-order valence-electron chi connectivity index (χ3n) is 2.94. The van der Waals surface area contributed by atoms with Gasteiger partial charge in [0.2, 0.25) is 0 Å². The topological polar surface area (TPSA) is 35.2 Å². The number of nitrogen functional groups attached to an aromatic ring is 1. The normalized spacial score (nSPS) is 10.4. The minimum absolute atomic E-state index is 0.668. The molecule has 0 saturated heterocycles. The van der Waals surface area contributed by atoms with Crippen molar-refractivity contribution in [3.63, 3.8) is 0 Å². The zero-order valence-electron chi connectivity index (χ0n) is 11.0. The minimum Gasteiger partial charge on any atom is -0.455 e. The van der Waals surface area contributed by atoms with E-state index in [2.05, 4.69) is 41.6 Å². The number of hydrogen-bond acceptors (Lipinski definition) is 2. The Morgan fingerprint density at radius 2 is 1.84 bits per heavy atom. The summed E-state index contributed by atoms with van der Waals surface area (Å²) in [6.45, 7) is 2.21. The Labute approximate surface area is 128 Å². The van der Waals surface area contributed by atoms with Crippen LogP contribution in [0.3, 0.4) is 0 Å². The fraction of sp³-hybridized carbons (Fsp3) is 0.250. The van der Waals surface area contributed by atoms with Gasteiger partial charge < -0.3 is 10.5 Å². The molecule has 3 heteroatoms. The summed E-state index contributed by atoms with van der Waals surface area (Å²) in [5.41, 5.74) is 7.96. The Balaban J connectivity index is 2.06. The maximum atomic E-state index is 5.94. The number of benzene rings is 2. The largest absolute Gasteiger partial charge is 0.455 e. The van der Waals surface area contributed by atoms with Crippen LogP contribution in [0.4, 0.5) is 5.69 Å². The number of rotatable bonds is 5. The molecule has 0 atom stereocenters. The van der Waals surface area contributed by atoms with Crippen molar-refractivity contribution in [2.75, 3.05) is 5.73 Å². The molecular formula is C16H18INO. The molecule has 100 valence electrons. The van der Waals surface area contributed by atoms with Gasteiger partial charge in [-0.05, 0) is 71.3 Å². The van der Waals surface area contributed by atoms with Gasteiger partial charge in [0.1, 0.15) is 11.5 Å². The number of nitrogens with two attached hydrogens (primary N) is 1. The number of unbranched alkanes of at least 4 members (excludes halogenated alkanes) is 1. The number of anilines is 1.